The molecule has 0 atom stereocenters. The summed E-state index contributed by atoms with van der Waals surface area (Å²) in [4.78, 5) is 28.6. The summed E-state index contributed by atoms with van der Waals surface area (Å²) in [6, 6.07) is 0. The molecule has 1 N–H and O–H groups in total. The number of aromatic amines is 1. The van der Waals surface area contributed by atoms with Crippen molar-refractivity contribution in [1.82, 2.24) is 19.1 Å². The number of nitrogens with one attached hydrogen (secondary N) is 1. The summed E-state index contributed by atoms with van der Waals surface area (Å²) in [5, 5.41) is 0. The highest BCUT2D eigenvalue weighted by Crippen LogP contribution is 1.93. The molecule has 0 aliphatic carbocycles. The molecule has 0 aliphatic heterocycles. The van der Waals surface area contributed by atoms with Gasteiger partial charge in [0.05, 0.1) is 18.4 Å². The first-order valence-corrected chi connectivity index (χ1v) is 4.41. The average Bonchev–Trinajstić information content (AvgIpc) is 2.67. The zero-order valence-electron chi connectivity index (χ0n) is 8.17. The zero-order valence-corrected chi connectivity index (χ0v) is 8.17. The molecule has 0 aliphatic rings. The van der Waals surface area contributed by atoms with E-state index in [2.05, 4.69) is 9.97 Å². The van der Waals surface area contributed by atoms with E-state index >= 15 is 0 Å². The van der Waals surface area contributed by atoms with Gasteiger partial charge < -0.3 is 9.13 Å². The lowest BCUT2D eigenvalue weighted by Crippen LogP contribution is -2.30. The third kappa shape index (κ3) is 1.88. The second-order valence-corrected chi connectivity index (χ2v) is 3.26. The minimum absolute atomic E-state index is 0.355. The predicted molar refractivity (Wildman–Crippen MR) is 53.6 cm³/mol. The van der Waals surface area contributed by atoms with E-state index in [1.165, 1.54) is 10.8 Å². The molecule has 6 nitrogen and oxygen atoms in total. The summed E-state index contributed by atoms with van der Waals surface area (Å²) >= 11 is 0. The molecule has 78 valence electrons. The normalized spacial score (nSPS) is 10.5. The van der Waals surface area contributed by atoms with Crippen LogP contribution in [-0.2, 0) is 13.6 Å². The zero-order chi connectivity index (χ0) is 10.8. The molecule has 0 fully saturated rings. The maximum Gasteiger partial charge on any atom is 0.328 e. The lowest BCUT2D eigenvalue weighted by Gasteiger charge is -2.02. The molecule has 0 saturated heterocycles. The molecule has 0 unspecified atom stereocenters. The topological polar surface area (TPSA) is 72.7 Å². The van der Waals surface area contributed by atoms with Gasteiger partial charge in [-0.3, -0.25) is 9.78 Å². The number of hydrogen-bond acceptors (Lipinski definition) is 3. The summed E-state index contributed by atoms with van der Waals surface area (Å²) < 4.78 is 3.10. The van der Waals surface area contributed by atoms with Crippen LogP contribution in [0.2, 0.25) is 0 Å². The minimum atomic E-state index is -0.408. The van der Waals surface area contributed by atoms with E-state index in [0.29, 0.717) is 12.1 Å². The minimum Gasteiger partial charge on any atom is -0.333 e. The van der Waals surface area contributed by atoms with Gasteiger partial charge in [-0.05, 0) is 0 Å². The van der Waals surface area contributed by atoms with Crippen molar-refractivity contribution in [2.24, 2.45) is 7.05 Å². The Morgan fingerprint density at radius 1 is 1.47 bits per heavy atom. The maximum absolute atomic E-state index is 11.4. The van der Waals surface area contributed by atoms with Gasteiger partial charge >= 0.3 is 5.69 Å². The molecule has 2 aromatic heterocycles. The van der Waals surface area contributed by atoms with Crippen LogP contribution in [0.25, 0.3) is 0 Å². The number of H-pyrrole nitrogens is 1. The molecule has 2 rings (SSSR count). The number of nitrogens with zero attached hydrogens (tertiary/aromatic N) is 3. The molecule has 0 bridgehead atoms. The molecule has 6 heteroatoms. The summed E-state index contributed by atoms with van der Waals surface area (Å²) in [5.41, 5.74) is -0.240. The molecular formula is C9H10N4O2. The lowest BCUT2D eigenvalue weighted by atomic mass is 10.3. The summed E-state index contributed by atoms with van der Waals surface area (Å²) in [6.45, 7) is 0.406. The standard InChI is InChI=1S/C9H10N4O2/c1-12-4-7(8(14)11-9(12)15)5-13-3-2-10-6-13/h2-4,6H,5H2,1H3,(H,11,14,15). The Morgan fingerprint density at radius 2 is 2.27 bits per heavy atom. The van der Waals surface area contributed by atoms with Crippen molar-refractivity contribution in [3.05, 3.63) is 51.3 Å². The van der Waals surface area contributed by atoms with Gasteiger partial charge in [0.1, 0.15) is 0 Å². The molecular weight excluding hydrogens is 196 g/mol. The van der Waals surface area contributed by atoms with Crippen molar-refractivity contribution in [3.63, 3.8) is 0 Å². The Kier molecular flexibility index (Phi) is 2.24. The number of aromatic nitrogens is 4. The van der Waals surface area contributed by atoms with Crippen LogP contribution in [0.1, 0.15) is 5.56 Å². The van der Waals surface area contributed by atoms with Gasteiger partial charge in [0.15, 0.2) is 0 Å². The van der Waals surface area contributed by atoms with Crippen molar-refractivity contribution in [2.45, 2.75) is 6.54 Å². The highest BCUT2D eigenvalue weighted by molar-refractivity contribution is 5.05. The third-order valence-corrected chi connectivity index (χ3v) is 2.09. The summed E-state index contributed by atoms with van der Waals surface area (Å²) in [5.74, 6) is 0. The van der Waals surface area contributed by atoms with Crippen LogP contribution in [0.3, 0.4) is 0 Å². The van der Waals surface area contributed by atoms with Crippen molar-refractivity contribution in [2.75, 3.05) is 0 Å². The Morgan fingerprint density at radius 3 is 2.93 bits per heavy atom. The quantitative estimate of drug-likeness (QED) is 0.707. The SMILES string of the molecule is Cn1cc(Cn2ccnc2)c(=O)[nH]c1=O. The van der Waals surface area contributed by atoms with Gasteiger partial charge in [0.25, 0.3) is 5.56 Å². The van der Waals surface area contributed by atoms with Crippen molar-refractivity contribution in [1.29, 1.82) is 0 Å². The Balaban J connectivity index is 2.42. The number of imidazole rings is 1. The Labute approximate surface area is 84.8 Å². The molecule has 15 heavy (non-hydrogen) atoms. The fourth-order valence-electron chi connectivity index (χ4n) is 1.31. The van der Waals surface area contributed by atoms with Gasteiger partial charge in [0.2, 0.25) is 0 Å². The first-order valence-electron chi connectivity index (χ1n) is 4.41. The van der Waals surface area contributed by atoms with Crippen LogP contribution < -0.4 is 11.2 Å². The fourth-order valence-corrected chi connectivity index (χ4v) is 1.31. The monoisotopic (exact) mass is 206 g/mol. The molecule has 0 aromatic carbocycles. The van der Waals surface area contributed by atoms with Gasteiger partial charge in [0, 0.05) is 25.6 Å². The first kappa shape index (κ1) is 9.45. The van der Waals surface area contributed by atoms with E-state index in [1.54, 1.807) is 30.3 Å². The van der Waals surface area contributed by atoms with Gasteiger partial charge in [-0.25, -0.2) is 9.78 Å². The number of rotatable bonds is 2. The number of aryl methyl sites for hydroxylation is 1. The highest BCUT2D eigenvalue weighted by atomic mass is 16.2. The fraction of sp³-hybridized carbons (Fsp3) is 0.222. The van der Waals surface area contributed by atoms with Crippen molar-refractivity contribution in [3.8, 4) is 0 Å². The molecule has 0 spiro atoms. The van der Waals surface area contributed by atoms with Crippen LogP contribution >= 0.6 is 0 Å². The maximum atomic E-state index is 11.4. The molecule has 0 radical (unpaired) electrons. The predicted octanol–water partition coefficient (Wildman–Crippen LogP) is -0.682. The smallest absolute Gasteiger partial charge is 0.328 e. The second-order valence-electron chi connectivity index (χ2n) is 3.26. The first-order chi connectivity index (χ1) is 7.16. The van der Waals surface area contributed by atoms with Crippen LogP contribution in [0.5, 0.6) is 0 Å². The van der Waals surface area contributed by atoms with Gasteiger partial charge in [-0.2, -0.15) is 0 Å². The van der Waals surface area contributed by atoms with Gasteiger partial charge in [-0.15, -0.1) is 0 Å². The molecule has 0 amide bonds. The number of hydrogen-bond donors (Lipinski definition) is 1. The van der Waals surface area contributed by atoms with Crippen LogP contribution in [0.15, 0.2) is 34.5 Å². The average molecular weight is 206 g/mol. The van der Waals surface area contributed by atoms with E-state index in [1.807, 2.05) is 0 Å². The highest BCUT2D eigenvalue weighted by Gasteiger charge is 2.02. The van der Waals surface area contributed by atoms with Crippen molar-refractivity contribution < 1.29 is 0 Å². The van der Waals surface area contributed by atoms with Crippen LogP contribution in [-0.4, -0.2) is 19.1 Å². The summed E-state index contributed by atoms with van der Waals surface area (Å²) in [6.07, 6.45) is 6.53. The van der Waals surface area contributed by atoms with E-state index in [4.69, 9.17) is 0 Å². The Hall–Kier alpha value is -2.11. The molecule has 2 heterocycles. The largest absolute Gasteiger partial charge is 0.333 e. The van der Waals surface area contributed by atoms with E-state index in [9.17, 15) is 9.59 Å². The molecule has 0 saturated carbocycles. The second kappa shape index (κ2) is 3.56. The van der Waals surface area contributed by atoms with E-state index < -0.39 is 5.69 Å². The van der Waals surface area contributed by atoms with Crippen LogP contribution in [0.4, 0.5) is 0 Å². The third-order valence-electron chi connectivity index (χ3n) is 2.09. The van der Waals surface area contributed by atoms with E-state index in [-0.39, 0.29) is 5.56 Å². The lowest BCUT2D eigenvalue weighted by molar-refractivity contribution is 0.729. The van der Waals surface area contributed by atoms with Crippen LogP contribution in [0, 0.1) is 0 Å². The Bertz CT molecular complexity index is 565. The van der Waals surface area contributed by atoms with E-state index in [0.717, 1.165) is 0 Å². The van der Waals surface area contributed by atoms with Crippen molar-refractivity contribution >= 4 is 0 Å². The molecule has 2 aromatic rings. The van der Waals surface area contributed by atoms with Gasteiger partial charge in [-0.1, -0.05) is 0 Å². The summed E-state index contributed by atoms with van der Waals surface area (Å²) in [7, 11) is 1.59.